The molecule has 2 amide bonds. The third-order valence-electron chi connectivity index (χ3n) is 5.62. The molecule has 0 aliphatic heterocycles. The van der Waals surface area contributed by atoms with Crippen LogP contribution < -0.4 is 15.8 Å². The number of carbonyl (C=O) groups is 2. The molecule has 7 nitrogen and oxygen atoms in total. The van der Waals surface area contributed by atoms with Crippen LogP contribution in [0, 0.1) is 0 Å². The van der Waals surface area contributed by atoms with Crippen LogP contribution in [0.4, 0.5) is 0 Å². The van der Waals surface area contributed by atoms with E-state index in [1.165, 1.54) is 0 Å². The van der Waals surface area contributed by atoms with Gasteiger partial charge in [0.05, 0.1) is 16.8 Å². The molecule has 8 heteroatoms. The van der Waals surface area contributed by atoms with Crippen LogP contribution >= 0.6 is 11.6 Å². The molecule has 0 aliphatic rings. The smallest absolute Gasteiger partial charge is 0.251 e. The molecular formula is C28H35ClN4O3. The Morgan fingerprint density at radius 3 is 2.33 bits per heavy atom. The summed E-state index contributed by atoms with van der Waals surface area (Å²) >= 11 is 6.28. The van der Waals surface area contributed by atoms with Crippen molar-refractivity contribution in [3.63, 3.8) is 0 Å². The van der Waals surface area contributed by atoms with E-state index in [0.29, 0.717) is 22.8 Å². The Morgan fingerprint density at radius 1 is 1.14 bits per heavy atom. The van der Waals surface area contributed by atoms with Gasteiger partial charge in [0.15, 0.2) is 0 Å². The van der Waals surface area contributed by atoms with Crippen molar-refractivity contribution >= 4 is 23.4 Å². The van der Waals surface area contributed by atoms with Crippen molar-refractivity contribution in [2.45, 2.75) is 65.0 Å². The van der Waals surface area contributed by atoms with Gasteiger partial charge in [0.2, 0.25) is 5.91 Å². The first-order valence-electron chi connectivity index (χ1n) is 12.0. The summed E-state index contributed by atoms with van der Waals surface area (Å²) in [7, 11) is 2.00. The van der Waals surface area contributed by atoms with Gasteiger partial charge < -0.3 is 20.4 Å². The molecule has 3 aromatic rings. The number of nitrogens with one attached hydrogen (secondary N) is 1. The van der Waals surface area contributed by atoms with Crippen LogP contribution in [0.3, 0.4) is 0 Å². The average molecular weight is 511 g/mol. The number of benzene rings is 2. The summed E-state index contributed by atoms with van der Waals surface area (Å²) < 4.78 is 7.68. The molecule has 0 aliphatic carbocycles. The Bertz CT molecular complexity index is 1230. The molecule has 3 N–H and O–H groups in total. The van der Waals surface area contributed by atoms with E-state index in [0.717, 1.165) is 22.6 Å². The van der Waals surface area contributed by atoms with Gasteiger partial charge in [-0.1, -0.05) is 56.6 Å². The first kappa shape index (κ1) is 27.3. The first-order valence-corrected chi connectivity index (χ1v) is 12.4. The van der Waals surface area contributed by atoms with Gasteiger partial charge in [-0.2, -0.15) is 0 Å². The molecule has 0 unspecified atom stereocenters. The summed E-state index contributed by atoms with van der Waals surface area (Å²) in [4.78, 5) is 29.4. The van der Waals surface area contributed by atoms with Crippen molar-refractivity contribution in [1.82, 2.24) is 14.9 Å². The first-order chi connectivity index (χ1) is 16.8. The van der Waals surface area contributed by atoms with Crippen LogP contribution in [0.2, 0.25) is 5.02 Å². The minimum Gasteiger partial charge on any atom is -0.489 e. The molecule has 3 rings (SSSR count). The van der Waals surface area contributed by atoms with E-state index < -0.39 is 11.9 Å². The fraction of sp³-hybridized carbons (Fsp3) is 0.393. The Hall–Kier alpha value is -3.32. The number of aromatic nitrogens is 2. The van der Waals surface area contributed by atoms with Gasteiger partial charge in [0, 0.05) is 42.2 Å². The highest BCUT2D eigenvalue weighted by molar-refractivity contribution is 6.32. The molecule has 1 heterocycles. The predicted octanol–water partition coefficient (Wildman–Crippen LogP) is 5.04. The van der Waals surface area contributed by atoms with Crippen LogP contribution in [-0.2, 0) is 23.7 Å². The highest BCUT2D eigenvalue weighted by Crippen LogP contribution is 2.27. The van der Waals surface area contributed by atoms with Crippen LogP contribution in [0.25, 0.3) is 11.3 Å². The lowest BCUT2D eigenvalue weighted by Gasteiger charge is -2.18. The van der Waals surface area contributed by atoms with Crippen molar-refractivity contribution in [1.29, 1.82) is 0 Å². The van der Waals surface area contributed by atoms with Crippen molar-refractivity contribution in [3.05, 3.63) is 70.6 Å². The molecule has 36 heavy (non-hydrogen) atoms. The van der Waals surface area contributed by atoms with E-state index in [-0.39, 0.29) is 23.8 Å². The third-order valence-corrected chi connectivity index (χ3v) is 5.91. The molecule has 0 radical (unpaired) electrons. The van der Waals surface area contributed by atoms with Gasteiger partial charge >= 0.3 is 0 Å². The zero-order valence-corrected chi connectivity index (χ0v) is 22.5. The van der Waals surface area contributed by atoms with Crippen molar-refractivity contribution in [3.8, 4) is 17.0 Å². The molecule has 1 atom stereocenters. The quantitative estimate of drug-likeness (QED) is 0.421. The van der Waals surface area contributed by atoms with E-state index in [1.54, 1.807) is 18.2 Å². The third kappa shape index (κ3) is 7.10. The minimum atomic E-state index is -0.487. The number of rotatable bonds is 9. The molecule has 0 saturated carbocycles. The Kier molecular flexibility index (Phi) is 8.46. The summed E-state index contributed by atoms with van der Waals surface area (Å²) in [5, 5.41) is 3.27. The zero-order chi connectivity index (χ0) is 26.6. The second kappa shape index (κ2) is 11.2. The number of halogens is 1. The number of hydrogen-bond donors (Lipinski definition) is 2. The van der Waals surface area contributed by atoms with E-state index in [1.807, 2.05) is 51.4 Å². The van der Waals surface area contributed by atoms with Crippen LogP contribution in [0.1, 0.15) is 62.8 Å². The second-order valence-electron chi connectivity index (χ2n) is 10.4. The summed E-state index contributed by atoms with van der Waals surface area (Å²) in [5.74, 6) is 0.701. The Labute approximate surface area is 218 Å². The Balaban J connectivity index is 1.73. The maximum absolute atomic E-state index is 12.9. The summed E-state index contributed by atoms with van der Waals surface area (Å²) in [5.41, 5.74) is 8.66. The molecule has 1 aromatic heterocycles. The van der Waals surface area contributed by atoms with Gasteiger partial charge in [-0.3, -0.25) is 9.59 Å². The normalized spacial score (nSPS) is 12.4. The number of amides is 2. The molecule has 0 bridgehead atoms. The Morgan fingerprint density at radius 2 is 1.81 bits per heavy atom. The number of aryl methyl sites for hydroxylation is 1. The highest BCUT2D eigenvalue weighted by Gasteiger charge is 2.21. The van der Waals surface area contributed by atoms with Gasteiger partial charge in [0.25, 0.3) is 5.91 Å². The molecule has 0 spiro atoms. The SMILES string of the molecule is CC(C)Oc1ccc(C(=O)N[C@H](CC(N)=O)Cc2ccc(-c3cn(C)c(C(C)(C)C)n3)cc2)cc1Cl. The van der Waals surface area contributed by atoms with Crippen molar-refractivity contribution in [2.24, 2.45) is 12.8 Å². The van der Waals surface area contributed by atoms with E-state index >= 15 is 0 Å². The largest absolute Gasteiger partial charge is 0.489 e. The van der Waals surface area contributed by atoms with Gasteiger partial charge in [-0.25, -0.2) is 4.98 Å². The maximum Gasteiger partial charge on any atom is 0.251 e. The van der Waals surface area contributed by atoms with Crippen LogP contribution in [-0.4, -0.2) is 33.5 Å². The second-order valence-corrected chi connectivity index (χ2v) is 10.8. The van der Waals surface area contributed by atoms with Crippen LogP contribution in [0.15, 0.2) is 48.7 Å². The van der Waals surface area contributed by atoms with Gasteiger partial charge in [0.1, 0.15) is 11.6 Å². The number of hydrogen-bond acceptors (Lipinski definition) is 4. The highest BCUT2D eigenvalue weighted by atomic mass is 35.5. The van der Waals surface area contributed by atoms with Crippen molar-refractivity contribution < 1.29 is 14.3 Å². The topological polar surface area (TPSA) is 99.2 Å². The predicted molar refractivity (Wildman–Crippen MR) is 143 cm³/mol. The molecule has 192 valence electrons. The molecular weight excluding hydrogens is 476 g/mol. The summed E-state index contributed by atoms with van der Waals surface area (Å²) in [6, 6.07) is 12.4. The van der Waals surface area contributed by atoms with E-state index in [4.69, 9.17) is 27.1 Å². The van der Waals surface area contributed by atoms with Crippen LogP contribution in [0.5, 0.6) is 5.75 Å². The fourth-order valence-electron chi connectivity index (χ4n) is 4.08. The molecule has 2 aromatic carbocycles. The van der Waals surface area contributed by atoms with Crippen molar-refractivity contribution in [2.75, 3.05) is 0 Å². The van der Waals surface area contributed by atoms with E-state index in [9.17, 15) is 9.59 Å². The lowest BCUT2D eigenvalue weighted by Crippen LogP contribution is -2.39. The zero-order valence-electron chi connectivity index (χ0n) is 21.8. The van der Waals surface area contributed by atoms with Gasteiger partial charge in [-0.15, -0.1) is 0 Å². The molecule has 0 saturated heterocycles. The summed E-state index contributed by atoms with van der Waals surface area (Å²) in [6.07, 6.45) is 2.46. The molecule has 0 fully saturated rings. The van der Waals surface area contributed by atoms with E-state index in [2.05, 4.69) is 30.7 Å². The summed E-state index contributed by atoms with van der Waals surface area (Å²) in [6.45, 7) is 10.2. The number of nitrogens with two attached hydrogens (primary N) is 1. The lowest BCUT2D eigenvalue weighted by molar-refractivity contribution is -0.118. The lowest BCUT2D eigenvalue weighted by atomic mass is 9.96. The minimum absolute atomic E-state index is 0.0188. The monoisotopic (exact) mass is 510 g/mol. The maximum atomic E-state index is 12.9. The fourth-order valence-corrected chi connectivity index (χ4v) is 4.30. The number of carbonyl (C=O) groups excluding carboxylic acids is 2. The number of ether oxygens (including phenoxy) is 1. The number of primary amides is 1. The number of imidazole rings is 1. The van der Waals surface area contributed by atoms with Gasteiger partial charge in [-0.05, 0) is 44.0 Å². The standard InChI is InChI=1S/C28H35ClN4O3/c1-17(2)36-24-12-11-20(14-22(24)29)26(35)31-21(15-25(30)34)13-18-7-9-19(10-8-18)23-16-33(6)27(32-23)28(3,4)5/h7-12,14,16-17,21H,13,15H2,1-6H3,(H2,30,34)(H,31,35)/t21-/m0/s1. The average Bonchev–Trinajstić information content (AvgIpc) is 3.17. The number of nitrogens with zero attached hydrogens (tertiary/aromatic N) is 2.